The standard InChI is InChI=1S/C24H28N6O5/c1-35-13-20(31)27-17-3-2-4-18(11-17)30-21-19(12-26-30)23(33)29(15-25-21)14-24(34)7-9-28(10-8-24)22(32)16-5-6-16/h2-4,11-12,15-16,34H,5-10,13-14H2,1H3,(H,27,31). The van der Waals surface area contributed by atoms with Gasteiger partial charge in [-0.15, -0.1) is 0 Å². The van der Waals surface area contributed by atoms with E-state index in [1.54, 1.807) is 24.3 Å². The Morgan fingerprint density at radius 3 is 2.74 bits per heavy atom. The molecule has 0 unspecified atom stereocenters. The third-order valence-electron chi connectivity index (χ3n) is 6.60. The van der Waals surface area contributed by atoms with Crippen LogP contribution in [0.5, 0.6) is 0 Å². The maximum atomic E-state index is 13.2. The lowest BCUT2D eigenvalue weighted by atomic mass is 9.91. The van der Waals surface area contributed by atoms with E-state index in [-0.39, 0.29) is 36.4 Å². The molecule has 1 aliphatic carbocycles. The molecule has 0 spiro atoms. The summed E-state index contributed by atoms with van der Waals surface area (Å²) in [6, 6.07) is 7.04. The van der Waals surface area contributed by atoms with E-state index in [4.69, 9.17) is 4.74 Å². The maximum Gasteiger partial charge on any atom is 0.264 e. The third-order valence-corrected chi connectivity index (χ3v) is 6.60. The number of methoxy groups -OCH3 is 1. The molecule has 2 fully saturated rings. The minimum Gasteiger partial charge on any atom is -0.388 e. The van der Waals surface area contributed by atoms with E-state index >= 15 is 0 Å². The van der Waals surface area contributed by atoms with Crippen LogP contribution in [0.4, 0.5) is 5.69 Å². The lowest BCUT2D eigenvalue weighted by Crippen LogP contribution is -2.50. The fraction of sp³-hybridized carbons (Fsp3) is 0.458. The first kappa shape index (κ1) is 23.2. The summed E-state index contributed by atoms with van der Waals surface area (Å²) < 4.78 is 7.78. The minimum atomic E-state index is -1.08. The number of rotatable bonds is 7. The van der Waals surface area contributed by atoms with Crippen molar-refractivity contribution < 1.29 is 19.4 Å². The van der Waals surface area contributed by atoms with E-state index in [9.17, 15) is 19.5 Å². The number of hydrogen-bond acceptors (Lipinski definition) is 7. The molecule has 3 aromatic rings. The predicted octanol–water partition coefficient (Wildman–Crippen LogP) is 0.931. The summed E-state index contributed by atoms with van der Waals surface area (Å²) in [5.74, 6) is 0.0629. The van der Waals surface area contributed by atoms with Gasteiger partial charge < -0.3 is 20.1 Å². The summed E-state index contributed by atoms with van der Waals surface area (Å²) in [7, 11) is 1.45. The van der Waals surface area contributed by atoms with Gasteiger partial charge in [-0.25, -0.2) is 9.67 Å². The van der Waals surface area contributed by atoms with E-state index < -0.39 is 5.60 Å². The average Bonchev–Trinajstić information content (AvgIpc) is 3.60. The predicted molar refractivity (Wildman–Crippen MR) is 127 cm³/mol. The van der Waals surface area contributed by atoms with Crippen LogP contribution in [0, 0.1) is 5.92 Å². The fourth-order valence-electron chi connectivity index (χ4n) is 4.50. The number of amides is 2. The van der Waals surface area contributed by atoms with Crippen molar-refractivity contribution in [2.24, 2.45) is 5.92 Å². The van der Waals surface area contributed by atoms with Crippen LogP contribution < -0.4 is 10.9 Å². The van der Waals surface area contributed by atoms with Gasteiger partial charge in [0.25, 0.3) is 5.56 Å². The molecule has 0 atom stereocenters. The van der Waals surface area contributed by atoms with E-state index in [1.807, 2.05) is 4.90 Å². The Labute approximate surface area is 201 Å². The smallest absolute Gasteiger partial charge is 0.264 e. The van der Waals surface area contributed by atoms with E-state index in [0.29, 0.717) is 48.3 Å². The lowest BCUT2D eigenvalue weighted by Gasteiger charge is -2.38. The molecular formula is C24H28N6O5. The van der Waals surface area contributed by atoms with Crippen molar-refractivity contribution in [3.8, 4) is 5.69 Å². The first-order valence-electron chi connectivity index (χ1n) is 11.7. The number of fused-ring (bicyclic) bond motifs is 1. The third kappa shape index (κ3) is 4.82. The van der Waals surface area contributed by atoms with Crippen molar-refractivity contribution in [2.75, 3.05) is 32.1 Å². The molecule has 1 saturated heterocycles. The first-order valence-corrected chi connectivity index (χ1v) is 11.7. The quantitative estimate of drug-likeness (QED) is 0.514. The van der Waals surface area contributed by atoms with Gasteiger partial charge >= 0.3 is 0 Å². The monoisotopic (exact) mass is 480 g/mol. The van der Waals surface area contributed by atoms with Crippen LogP contribution in [0.25, 0.3) is 16.7 Å². The van der Waals surface area contributed by atoms with Gasteiger partial charge in [0.15, 0.2) is 5.65 Å². The maximum absolute atomic E-state index is 13.2. The summed E-state index contributed by atoms with van der Waals surface area (Å²) in [4.78, 5) is 43.6. The molecule has 2 aliphatic rings. The Hall–Kier alpha value is -3.57. The molecule has 35 heavy (non-hydrogen) atoms. The van der Waals surface area contributed by atoms with Crippen LogP contribution >= 0.6 is 0 Å². The van der Waals surface area contributed by atoms with Gasteiger partial charge in [-0.3, -0.25) is 19.0 Å². The highest BCUT2D eigenvalue weighted by atomic mass is 16.5. The molecule has 184 valence electrons. The van der Waals surface area contributed by atoms with Crippen molar-refractivity contribution in [1.82, 2.24) is 24.2 Å². The Bertz CT molecular complexity index is 1320. The van der Waals surface area contributed by atoms with Crippen LogP contribution in [0.3, 0.4) is 0 Å². The Morgan fingerprint density at radius 2 is 2.03 bits per heavy atom. The number of aromatic nitrogens is 4. The van der Waals surface area contributed by atoms with Crippen LogP contribution in [0.1, 0.15) is 25.7 Å². The van der Waals surface area contributed by atoms with Crippen molar-refractivity contribution in [2.45, 2.75) is 37.8 Å². The van der Waals surface area contributed by atoms with Crippen molar-refractivity contribution in [1.29, 1.82) is 0 Å². The highest BCUT2D eigenvalue weighted by molar-refractivity contribution is 5.92. The molecule has 3 heterocycles. The molecular weight excluding hydrogens is 452 g/mol. The lowest BCUT2D eigenvalue weighted by molar-refractivity contribution is -0.137. The van der Waals surface area contributed by atoms with Crippen LogP contribution in [0.2, 0.25) is 0 Å². The number of hydrogen-bond donors (Lipinski definition) is 2. The summed E-state index contributed by atoms with van der Waals surface area (Å²) in [6.07, 6.45) is 5.63. The highest BCUT2D eigenvalue weighted by Gasteiger charge is 2.39. The van der Waals surface area contributed by atoms with Crippen molar-refractivity contribution >= 4 is 28.5 Å². The highest BCUT2D eigenvalue weighted by Crippen LogP contribution is 2.33. The zero-order chi connectivity index (χ0) is 24.6. The number of carbonyl (C=O) groups excluding carboxylic acids is 2. The SMILES string of the molecule is COCC(=O)Nc1cccc(-n2ncc3c(=O)n(CC4(O)CCN(C(=O)C5CC5)CC4)cnc32)c1. The number of nitrogens with one attached hydrogen (secondary N) is 1. The number of anilines is 1. The summed E-state index contributed by atoms with van der Waals surface area (Å²) >= 11 is 0. The Morgan fingerprint density at radius 1 is 1.26 bits per heavy atom. The molecule has 2 N–H and O–H groups in total. The molecule has 11 nitrogen and oxygen atoms in total. The number of ether oxygens (including phenoxy) is 1. The van der Waals surface area contributed by atoms with Gasteiger partial charge in [0, 0.05) is 31.8 Å². The summed E-state index contributed by atoms with van der Waals surface area (Å²) in [6.45, 7) is 1.03. The van der Waals surface area contributed by atoms with Crippen LogP contribution in [-0.2, 0) is 20.9 Å². The van der Waals surface area contributed by atoms with Gasteiger partial charge in [0.1, 0.15) is 18.3 Å². The second-order valence-corrected chi connectivity index (χ2v) is 9.33. The second-order valence-electron chi connectivity index (χ2n) is 9.33. The summed E-state index contributed by atoms with van der Waals surface area (Å²) in [5.41, 5.74) is 0.199. The van der Waals surface area contributed by atoms with E-state index in [1.165, 1.54) is 28.9 Å². The zero-order valence-corrected chi connectivity index (χ0v) is 19.5. The summed E-state index contributed by atoms with van der Waals surface area (Å²) in [5, 5.41) is 18.5. The molecule has 2 amide bonds. The number of nitrogens with zero attached hydrogens (tertiary/aromatic N) is 5. The molecule has 0 bridgehead atoms. The fourth-order valence-corrected chi connectivity index (χ4v) is 4.50. The second kappa shape index (κ2) is 9.23. The largest absolute Gasteiger partial charge is 0.388 e. The van der Waals surface area contributed by atoms with Gasteiger partial charge in [0.05, 0.1) is 24.0 Å². The normalized spacial score (nSPS) is 17.5. The first-order chi connectivity index (χ1) is 16.9. The molecule has 1 aromatic carbocycles. The average molecular weight is 481 g/mol. The Kier molecular flexibility index (Phi) is 6.12. The number of piperidine rings is 1. The zero-order valence-electron chi connectivity index (χ0n) is 19.5. The van der Waals surface area contributed by atoms with Gasteiger partial charge in [-0.1, -0.05) is 6.07 Å². The van der Waals surface area contributed by atoms with Gasteiger partial charge in [-0.05, 0) is 43.9 Å². The van der Waals surface area contributed by atoms with E-state index in [2.05, 4.69) is 15.4 Å². The van der Waals surface area contributed by atoms with Crippen LogP contribution in [0.15, 0.2) is 41.6 Å². The molecule has 5 rings (SSSR count). The Balaban J connectivity index is 1.34. The van der Waals surface area contributed by atoms with Gasteiger partial charge in [-0.2, -0.15) is 5.10 Å². The molecule has 1 saturated carbocycles. The molecule has 1 aliphatic heterocycles. The topological polar surface area (TPSA) is 132 Å². The van der Waals surface area contributed by atoms with Crippen molar-refractivity contribution in [3.63, 3.8) is 0 Å². The molecule has 11 heteroatoms. The number of carbonyl (C=O) groups is 2. The molecule has 2 aromatic heterocycles. The number of likely N-dealkylation sites (tertiary alicyclic amines) is 1. The van der Waals surface area contributed by atoms with Gasteiger partial charge in [0.2, 0.25) is 11.8 Å². The van der Waals surface area contributed by atoms with E-state index in [0.717, 1.165) is 12.8 Å². The molecule has 0 radical (unpaired) electrons. The number of aliphatic hydroxyl groups is 1. The minimum absolute atomic E-state index is 0.0583. The number of benzene rings is 1. The van der Waals surface area contributed by atoms with Crippen LogP contribution in [-0.4, -0.2) is 73.6 Å². The van der Waals surface area contributed by atoms with Crippen molar-refractivity contribution in [3.05, 3.63) is 47.1 Å².